The first-order chi connectivity index (χ1) is 14.7. The topological polar surface area (TPSA) is 125 Å². The summed E-state index contributed by atoms with van der Waals surface area (Å²) in [5.41, 5.74) is 1.79. The van der Waals surface area contributed by atoms with Gasteiger partial charge in [0, 0.05) is 57.1 Å². The van der Waals surface area contributed by atoms with Crippen molar-refractivity contribution in [1.82, 2.24) is 4.31 Å². The Kier molecular flexibility index (Phi) is 6.76. The second-order valence-electron chi connectivity index (χ2n) is 7.09. The Balaban J connectivity index is 1.70. The normalized spacial score (nSPS) is 14.8. The number of hydrogen-bond acceptors (Lipinski definition) is 7. The zero-order chi connectivity index (χ0) is 22.6. The molecule has 1 amide bonds. The van der Waals surface area contributed by atoms with Crippen LogP contribution in [0.15, 0.2) is 47.4 Å². The molecule has 0 spiro atoms. The van der Waals surface area contributed by atoms with Gasteiger partial charge in [0.05, 0.1) is 9.82 Å². The second kappa shape index (κ2) is 9.31. The number of amides is 1. The van der Waals surface area contributed by atoms with Gasteiger partial charge in [-0.1, -0.05) is 0 Å². The fraction of sp³-hybridized carbons (Fsp3) is 0.350. The SMILES string of the molecule is CCNc1cc(N2CCN(S(=O)(=O)c3ccc(NC(C)=O)cc3)CC2)ccc1[N+](=O)[O-]. The Labute approximate surface area is 181 Å². The van der Waals surface area contributed by atoms with Crippen LogP contribution in [0.5, 0.6) is 0 Å². The maximum Gasteiger partial charge on any atom is 0.292 e. The van der Waals surface area contributed by atoms with E-state index < -0.39 is 14.9 Å². The van der Waals surface area contributed by atoms with Gasteiger partial charge in [0.15, 0.2) is 0 Å². The molecule has 0 aromatic heterocycles. The van der Waals surface area contributed by atoms with Gasteiger partial charge in [0.1, 0.15) is 5.69 Å². The summed E-state index contributed by atoms with van der Waals surface area (Å²) in [5, 5.41) is 16.8. The van der Waals surface area contributed by atoms with Crippen LogP contribution < -0.4 is 15.5 Å². The van der Waals surface area contributed by atoms with Crippen molar-refractivity contribution in [3.8, 4) is 0 Å². The molecule has 10 nitrogen and oxygen atoms in total. The lowest BCUT2D eigenvalue weighted by molar-refractivity contribution is -0.383. The standard InChI is InChI=1S/C20H25N5O5S/c1-3-21-19-14-17(6-9-20(19)25(27)28)23-10-12-24(13-11-23)31(29,30)18-7-4-16(5-8-18)22-15(2)26/h4-9,14,21H,3,10-13H2,1-2H3,(H,22,26). The molecule has 2 aromatic carbocycles. The van der Waals surface area contributed by atoms with E-state index in [9.17, 15) is 23.3 Å². The molecule has 0 radical (unpaired) electrons. The molecule has 0 atom stereocenters. The zero-order valence-corrected chi connectivity index (χ0v) is 18.2. The number of piperazine rings is 1. The summed E-state index contributed by atoms with van der Waals surface area (Å²) < 4.78 is 27.3. The molecule has 11 heteroatoms. The number of hydrogen-bond donors (Lipinski definition) is 2. The molecule has 1 saturated heterocycles. The molecule has 1 fully saturated rings. The van der Waals surface area contributed by atoms with Gasteiger partial charge in [-0.25, -0.2) is 8.42 Å². The highest BCUT2D eigenvalue weighted by atomic mass is 32.2. The van der Waals surface area contributed by atoms with Crippen molar-refractivity contribution in [3.63, 3.8) is 0 Å². The summed E-state index contributed by atoms with van der Waals surface area (Å²) in [4.78, 5) is 24.1. The summed E-state index contributed by atoms with van der Waals surface area (Å²) in [7, 11) is -3.66. The lowest BCUT2D eigenvalue weighted by atomic mass is 10.2. The van der Waals surface area contributed by atoms with Gasteiger partial charge >= 0.3 is 0 Å². The molecule has 166 valence electrons. The van der Waals surface area contributed by atoms with Gasteiger partial charge in [0.2, 0.25) is 15.9 Å². The number of nitrogens with zero attached hydrogens (tertiary/aromatic N) is 3. The van der Waals surface area contributed by atoms with Crippen molar-refractivity contribution in [1.29, 1.82) is 0 Å². The minimum Gasteiger partial charge on any atom is -0.380 e. The predicted octanol–water partition coefficient (Wildman–Crippen LogP) is 2.50. The van der Waals surface area contributed by atoms with Crippen molar-refractivity contribution in [2.45, 2.75) is 18.7 Å². The molecule has 31 heavy (non-hydrogen) atoms. The van der Waals surface area contributed by atoms with Crippen LogP contribution in [0, 0.1) is 10.1 Å². The van der Waals surface area contributed by atoms with E-state index in [1.54, 1.807) is 24.3 Å². The number of nitro groups is 1. The Morgan fingerprint density at radius 3 is 2.29 bits per heavy atom. The molecule has 1 aliphatic rings. The molecule has 1 aliphatic heterocycles. The van der Waals surface area contributed by atoms with E-state index in [-0.39, 0.29) is 16.5 Å². The van der Waals surface area contributed by atoms with Crippen molar-refractivity contribution in [3.05, 3.63) is 52.6 Å². The van der Waals surface area contributed by atoms with E-state index in [1.807, 2.05) is 11.8 Å². The van der Waals surface area contributed by atoms with Crippen LogP contribution in [-0.2, 0) is 14.8 Å². The Hall–Kier alpha value is -3.18. The summed E-state index contributed by atoms with van der Waals surface area (Å²) in [5.74, 6) is -0.227. The summed E-state index contributed by atoms with van der Waals surface area (Å²) in [6, 6.07) is 11.0. The third kappa shape index (κ3) is 5.12. The van der Waals surface area contributed by atoms with Crippen LogP contribution in [0.3, 0.4) is 0 Å². The molecule has 3 rings (SSSR count). The predicted molar refractivity (Wildman–Crippen MR) is 119 cm³/mol. The molecule has 0 unspecified atom stereocenters. The minimum atomic E-state index is -3.66. The number of anilines is 3. The van der Waals surface area contributed by atoms with Crippen molar-refractivity contribution in [2.75, 3.05) is 48.3 Å². The summed E-state index contributed by atoms with van der Waals surface area (Å²) in [6.07, 6.45) is 0. The number of nitro benzene ring substituents is 1. The van der Waals surface area contributed by atoms with E-state index in [2.05, 4.69) is 10.6 Å². The lowest BCUT2D eigenvalue weighted by Gasteiger charge is -2.35. The molecule has 2 aromatic rings. The van der Waals surface area contributed by atoms with Crippen LogP contribution >= 0.6 is 0 Å². The van der Waals surface area contributed by atoms with Gasteiger partial charge < -0.3 is 15.5 Å². The highest BCUT2D eigenvalue weighted by Gasteiger charge is 2.29. The second-order valence-corrected chi connectivity index (χ2v) is 9.02. The van der Waals surface area contributed by atoms with Crippen LogP contribution in [0.4, 0.5) is 22.7 Å². The van der Waals surface area contributed by atoms with E-state index in [0.29, 0.717) is 44.1 Å². The number of benzene rings is 2. The molecule has 1 heterocycles. The number of nitrogens with one attached hydrogen (secondary N) is 2. The van der Waals surface area contributed by atoms with Gasteiger partial charge in [-0.2, -0.15) is 4.31 Å². The molecule has 0 bridgehead atoms. The van der Waals surface area contributed by atoms with Gasteiger partial charge in [0.25, 0.3) is 5.69 Å². The quantitative estimate of drug-likeness (QED) is 0.493. The monoisotopic (exact) mass is 447 g/mol. The molecule has 2 N–H and O–H groups in total. The largest absolute Gasteiger partial charge is 0.380 e. The minimum absolute atomic E-state index is 0.00882. The molecule has 0 saturated carbocycles. The van der Waals surface area contributed by atoms with Crippen molar-refractivity contribution >= 4 is 38.7 Å². The van der Waals surface area contributed by atoms with Crippen LogP contribution in [0.2, 0.25) is 0 Å². The van der Waals surface area contributed by atoms with Gasteiger partial charge in [-0.15, -0.1) is 0 Å². The van der Waals surface area contributed by atoms with Gasteiger partial charge in [-0.3, -0.25) is 14.9 Å². The lowest BCUT2D eigenvalue weighted by Crippen LogP contribution is -2.48. The fourth-order valence-electron chi connectivity index (χ4n) is 3.46. The van der Waals surface area contributed by atoms with Crippen molar-refractivity contribution in [2.24, 2.45) is 0 Å². The van der Waals surface area contributed by atoms with Gasteiger partial charge in [-0.05, 0) is 43.3 Å². The van der Waals surface area contributed by atoms with Crippen LogP contribution in [0.1, 0.15) is 13.8 Å². The van der Waals surface area contributed by atoms with E-state index in [1.165, 1.54) is 29.4 Å². The molecular weight excluding hydrogens is 422 g/mol. The Morgan fingerprint density at radius 1 is 1.10 bits per heavy atom. The Bertz CT molecular complexity index is 1060. The summed E-state index contributed by atoms with van der Waals surface area (Å²) in [6.45, 7) is 5.32. The number of carbonyl (C=O) groups is 1. The average molecular weight is 448 g/mol. The zero-order valence-electron chi connectivity index (χ0n) is 17.4. The molecular formula is C20H25N5O5S. The van der Waals surface area contributed by atoms with Crippen LogP contribution in [-0.4, -0.2) is 56.3 Å². The van der Waals surface area contributed by atoms with E-state index in [0.717, 1.165) is 5.69 Å². The highest BCUT2D eigenvalue weighted by molar-refractivity contribution is 7.89. The maximum absolute atomic E-state index is 13.0. The molecule has 0 aliphatic carbocycles. The van der Waals surface area contributed by atoms with E-state index in [4.69, 9.17) is 0 Å². The first-order valence-electron chi connectivity index (χ1n) is 9.87. The Morgan fingerprint density at radius 2 is 1.74 bits per heavy atom. The highest BCUT2D eigenvalue weighted by Crippen LogP contribution is 2.30. The third-order valence-electron chi connectivity index (χ3n) is 4.96. The average Bonchev–Trinajstić information content (AvgIpc) is 2.74. The first-order valence-corrected chi connectivity index (χ1v) is 11.3. The number of rotatable bonds is 7. The summed E-state index contributed by atoms with van der Waals surface area (Å²) >= 11 is 0. The maximum atomic E-state index is 13.0. The fourth-order valence-corrected chi connectivity index (χ4v) is 4.88. The smallest absolute Gasteiger partial charge is 0.292 e. The van der Waals surface area contributed by atoms with Crippen molar-refractivity contribution < 1.29 is 18.1 Å². The number of carbonyl (C=O) groups excluding carboxylic acids is 1. The van der Waals surface area contributed by atoms with Crippen LogP contribution in [0.25, 0.3) is 0 Å². The van der Waals surface area contributed by atoms with E-state index >= 15 is 0 Å². The third-order valence-corrected chi connectivity index (χ3v) is 6.87. The number of sulfonamides is 1. The first kappa shape index (κ1) is 22.5.